The van der Waals surface area contributed by atoms with Gasteiger partial charge in [-0.1, -0.05) is 17.7 Å². The van der Waals surface area contributed by atoms with Gasteiger partial charge in [0.25, 0.3) is 0 Å². The molecule has 0 bridgehead atoms. The lowest BCUT2D eigenvalue weighted by Crippen LogP contribution is -2.03. The highest BCUT2D eigenvalue weighted by Crippen LogP contribution is 2.18. The van der Waals surface area contributed by atoms with Gasteiger partial charge in [0.1, 0.15) is 5.82 Å². The number of thiophene rings is 1. The normalized spacial score (nSPS) is 10.4. The molecule has 0 saturated carbocycles. The van der Waals surface area contributed by atoms with E-state index >= 15 is 0 Å². The van der Waals surface area contributed by atoms with Gasteiger partial charge in [-0.25, -0.2) is 4.39 Å². The van der Waals surface area contributed by atoms with Gasteiger partial charge in [0.2, 0.25) is 0 Å². The maximum Gasteiger partial charge on any atom is 0.126 e. The minimum atomic E-state index is -0.314. The first kappa shape index (κ1) is 11.4. The first-order chi connectivity index (χ1) is 7.74. The van der Waals surface area contributed by atoms with Gasteiger partial charge in [0.05, 0.1) is 0 Å². The maximum atomic E-state index is 13.0. The van der Waals surface area contributed by atoms with Crippen molar-refractivity contribution in [1.29, 1.82) is 0 Å². The Kier molecular flexibility index (Phi) is 3.80. The molecule has 1 aromatic heterocycles. The van der Waals surface area contributed by atoms with Crippen LogP contribution >= 0.6 is 22.9 Å². The number of anilines is 1. The highest BCUT2D eigenvalue weighted by Gasteiger charge is 1.99. The molecule has 1 nitrogen and oxygen atoms in total. The van der Waals surface area contributed by atoms with Crippen molar-refractivity contribution in [3.8, 4) is 0 Å². The van der Waals surface area contributed by atoms with E-state index in [1.807, 2.05) is 11.4 Å². The highest BCUT2D eigenvalue weighted by molar-refractivity contribution is 7.09. The number of benzene rings is 1. The largest absolute Gasteiger partial charge is 0.385 e. The highest BCUT2D eigenvalue weighted by atomic mass is 35.5. The lowest BCUT2D eigenvalue weighted by atomic mass is 10.3. The summed E-state index contributed by atoms with van der Waals surface area (Å²) in [6.07, 6.45) is 0.936. The van der Waals surface area contributed by atoms with Crippen LogP contribution in [0, 0.1) is 5.82 Å². The van der Waals surface area contributed by atoms with Crippen LogP contribution in [0.1, 0.15) is 4.88 Å². The van der Waals surface area contributed by atoms with Crippen LogP contribution in [0.5, 0.6) is 0 Å². The van der Waals surface area contributed by atoms with Crippen molar-refractivity contribution in [3.63, 3.8) is 0 Å². The van der Waals surface area contributed by atoms with E-state index in [2.05, 4.69) is 11.4 Å². The standard InChI is InChI=1S/C12H11ClFNS/c13-9-6-10(14)8-11(7-9)15-4-3-12-2-1-5-16-12/h1-2,5-8,15H,3-4H2. The lowest BCUT2D eigenvalue weighted by Gasteiger charge is -2.06. The molecular weight excluding hydrogens is 245 g/mol. The van der Waals surface area contributed by atoms with Crippen molar-refractivity contribution in [2.75, 3.05) is 11.9 Å². The summed E-state index contributed by atoms with van der Waals surface area (Å²) in [5.74, 6) is -0.314. The number of halogens is 2. The van der Waals surface area contributed by atoms with E-state index < -0.39 is 0 Å². The molecule has 84 valence electrons. The van der Waals surface area contributed by atoms with E-state index in [9.17, 15) is 4.39 Å². The molecule has 0 aliphatic carbocycles. The summed E-state index contributed by atoms with van der Waals surface area (Å²) in [5, 5.41) is 5.61. The molecule has 0 aliphatic heterocycles. The third kappa shape index (κ3) is 3.22. The molecule has 2 aromatic rings. The van der Waals surface area contributed by atoms with Crippen LogP contribution in [0.4, 0.5) is 10.1 Å². The van der Waals surface area contributed by atoms with E-state index in [0.29, 0.717) is 5.02 Å². The number of nitrogens with one attached hydrogen (secondary N) is 1. The van der Waals surface area contributed by atoms with Crippen molar-refractivity contribution in [3.05, 3.63) is 51.4 Å². The van der Waals surface area contributed by atoms with Crippen LogP contribution in [0.3, 0.4) is 0 Å². The van der Waals surface area contributed by atoms with Crippen molar-refractivity contribution in [2.24, 2.45) is 0 Å². The topological polar surface area (TPSA) is 12.0 Å². The van der Waals surface area contributed by atoms with Gasteiger partial charge in [-0.3, -0.25) is 0 Å². The third-order valence-corrected chi connectivity index (χ3v) is 3.30. The average Bonchev–Trinajstić information content (AvgIpc) is 2.69. The van der Waals surface area contributed by atoms with Crippen molar-refractivity contribution in [1.82, 2.24) is 0 Å². The minimum Gasteiger partial charge on any atom is -0.385 e. The fraction of sp³-hybridized carbons (Fsp3) is 0.167. The molecule has 0 amide bonds. The smallest absolute Gasteiger partial charge is 0.126 e. The zero-order chi connectivity index (χ0) is 11.4. The second-order valence-electron chi connectivity index (χ2n) is 3.41. The Morgan fingerprint density at radius 2 is 2.19 bits per heavy atom. The molecule has 0 unspecified atom stereocenters. The van der Waals surface area contributed by atoms with E-state index in [4.69, 9.17) is 11.6 Å². The molecule has 1 N–H and O–H groups in total. The van der Waals surface area contributed by atoms with Crippen LogP contribution in [0.25, 0.3) is 0 Å². The summed E-state index contributed by atoms with van der Waals surface area (Å²) in [5.41, 5.74) is 0.724. The first-order valence-corrected chi connectivity index (χ1v) is 6.22. The van der Waals surface area contributed by atoms with Crippen LogP contribution in [-0.4, -0.2) is 6.54 Å². The molecule has 1 heterocycles. The van der Waals surface area contributed by atoms with Gasteiger partial charge in [0.15, 0.2) is 0 Å². The van der Waals surface area contributed by atoms with Gasteiger partial charge < -0.3 is 5.32 Å². The van der Waals surface area contributed by atoms with Crippen molar-refractivity contribution < 1.29 is 4.39 Å². The van der Waals surface area contributed by atoms with E-state index in [1.165, 1.54) is 17.0 Å². The fourth-order valence-electron chi connectivity index (χ4n) is 1.44. The van der Waals surface area contributed by atoms with Gasteiger partial charge in [-0.2, -0.15) is 0 Å². The molecule has 0 aliphatic rings. The zero-order valence-electron chi connectivity index (χ0n) is 8.54. The molecule has 0 spiro atoms. The fourth-order valence-corrected chi connectivity index (χ4v) is 2.37. The Morgan fingerprint density at radius 1 is 1.31 bits per heavy atom. The van der Waals surface area contributed by atoms with Crippen LogP contribution < -0.4 is 5.32 Å². The van der Waals surface area contributed by atoms with Gasteiger partial charge in [-0.05, 0) is 36.1 Å². The summed E-state index contributed by atoms with van der Waals surface area (Å²) in [7, 11) is 0. The quantitative estimate of drug-likeness (QED) is 0.864. The van der Waals surface area contributed by atoms with E-state index in [1.54, 1.807) is 17.4 Å². The molecule has 4 heteroatoms. The van der Waals surface area contributed by atoms with Crippen molar-refractivity contribution >= 4 is 28.6 Å². The van der Waals surface area contributed by atoms with Crippen LogP contribution in [-0.2, 0) is 6.42 Å². The second-order valence-corrected chi connectivity index (χ2v) is 4.88. The Bertz CT molecular complexity index is 436. The predicted octanol–water partition coefficient (Wildman–Crippen LogP) is 4.20. The van der Waals surface area contributed by atoms with Gasteiger partial charge in [-0.15, -0.1) is 11.3 Å². The van der Waals surface area contributed by atoms with Gasteiger partial charge in [0, 0.05) is 22.1 Å². The van der Waals surface area contributed by atoms with Gasteiger partial charge >= 0.3 is 0 Å². The number of hydrogen-bond acceptors (Lipinski definition) is 2. The van der Waals surface area contributed by atoms with Crippen molar-refractivity contribution in [2.45, 2.75) is 6.42 Å². The summed E-state index contributed by atoms with van der Waals surface area (Å²) in [4.78, 5) is 1.31. The molecule has 16 heavy (non-hydrogen) atoms. The predicted molar refractivity (Wildman–Crippen MR) is 67.9 cm³/mol. The zero-order valence-corrected chi connectivity index (χ0v) is 10.1. The second kappa shape index (κ2) is 5.32. The molecule has 0 radical (unpaired) electrons. The van der Waals surface area contributed by atoms with Crippen LogP contribution in [0.2, 0.25) is 5.02 Å². The SMILES string of the molecule is Fc1cc(Cl)cc(NCCc2cccs2)c1. The Hall–Kier alpha value is -1.06. The third-order valence-electron chi connectivity index (χ3n) is 2.14. The molecule has 0 saturated heterocycles. The Morgan fingerprint density at radius 3 is 2.88 bits per heavy atom. The molecule has 0 atom stereocenters. The number of rotatable bonds is 4. The molecular formula is C12H11ClFNS. The Labute approximate surface area is 103 Å². The summed E-state index contributed by atoms with van der Waals surface area (Å²) < 4.78 is 13.0. The average molecular weight is 256 g/mol. The summed E-state index contributed by atoms with van der Waals surface area (Å²) >= 11 is 7.47. The maximum absolute atomic E-state index is 13.0. The summed E-state index contributed by atoms with van der Waals surface area (Å²) in [6, 6.07) is 8.58. The van der Waals surface area contributed by atoms with Crippen LogP contribution in [0.15, 0.2) is 35.7 Å². The Balaban J connectivity index is 1.89. The summed E-state index contributed by atoms with van der Waals surface area (Å²) in [6.45, 7) is 0.778. The number of hydrogen-bond donors (Lipinski definition) is 1. The molecule has 0 fully saturated rings. The first-order valence-electron chi connectivity index (χ1n) is 4.96. The monoisotopic (exact) mass is 255 g/mol. The lowest BCUT2D eigenvalue weighted by molar-refractivity contribution is 0.628. The van der Waals surface area contributed by atoms with E-state index in [-0.39, 0.29) is 5.82 Å². The molecule has 1 aromatic carbocycles. The minimum absolute atomic E-state index is 0.314. The van der Waals surface area contributed by atoms with E-state index in [0.717, 1.165) is 18.7 Å². The molecule has 2 rings (SSSR count).